The van der Waals surface area contributed by atoms with Crippen LogP contribution in [0.3, 0.4) is 0 Å². The van der Waals surface area contributed by atoms with E-state index < -0.39 is 4.95 Å². The van der Waals surface area contributed by atoms with Crippen molar-refractivity contribution in [2.24, 2.45) is 5.18 Å². The Morgan fingerprint density at radius 3 is 2.57 bits per heavy atom. The summed E-state index contributed by atoms with van der Waals surface area (Å²) in [4.78, 5) is 18.4. The van der Waals surface area contributed by atoms with E-state index in [0.717, 1.165) is 0 Å². The van der Waals surface area contributed by atoms with Crippen molar-refractivity contribution < 1.29 is 4.79 Å². The highest BCUT2D eigenvalue weighted by atomic mass is 79.9. The molecule has 0 aliphatic rings. The number of carbonyl (C=O) groups is 1. The average molecular weight is 166 g/mol. The Morgan fingerprint density at radius 2 is 2.43 bits per heavy atom. The molecule has 3 nitrogen and oxygen atoms in total. The van der Waals surface area contributed by atoms with Crippen molar-refractivity contribution in [3.8, 4) is 0 Å². The van der Waals surface area contributed by atoms with Gasteiger partial charge in [-0.1, -0.05) is 21.1 Å². The second-order valence-corrected chi connectivity index (χ2v) is 2.00. The maximum Gasteiger partial charge on any atom is 0.153 e. The molecule has 0 aromatic carbocycles. The molecule has 0 bridgehead atoms. The number of alkyl halides is 1. The highest BCUT2D eigenvalue weighted by Crippen LogP contribution is 2.01. The number of nitrogens with zero attached hydrogens (tertiary/aromatic N) is 1. The van der Waals surface area contributed by atoms with E-state index in [4.69, 9.17) is 0 Å². The van der Waals surface area contributed by atoms with Crippen LogP contribution < -0.4 is 0 Å². The van der Waals surface area contributed by atoms with Gasteiger partial charge in [0.25, 0.3) is 0 Å². The van der Waals surface area contributed by atoms with Crippen LogP contribution in [0, 0.1) is 4.91 Å². The number of hydrogen-bond acceptors (Lipinski definition) is 3. The fourth-order valence-electron chi connectivity index (χ4n) is 0.122. The molecule has 0 saturated heterocycles. The normalized spacial score (nSPS) is 12.7. The predicted molar refractivity (Wildman–Crippen MR) is 29.2 cm³/mol. The van der Waals surface area contributed by atoms with E-state index in [1.165, 1.54) is 0 Å². The van der Waals surface area contributed by atoms with Crippen LogP contribution in [0.15, 0.2) is 5.18 Å². The molecule has 0 spiro atoms. The van der Waals surface area contributed by atoms with Gasteiger partial charge in [-0.3, -0.25) is 0 Å². The summed E-state index contributed by atoms with van der Waals surface area (Å²) >= 11 is 2.83. The maximum absolute atomic E-state index is 9.55. The van der Waals surface area contributed by atoms with Gasteiger partial charge in [-0.25, -0.2) is 0 Å². The van der Waals surface area contributed by atoms with Crippen molar-refractivity contribution >= 4 is 22.2 Å². The fraction of sp³-hybridized carbons (Fsp3) is 0.667. The molecule has 0 amide bonds. The zero-order valence-electron chi connectivity index (χ0n) is 3.50. The first-order valence-corrected chi connectivity index (χ1v) is 2.63. The average Bonchev–Trinajstić information content (AvgIpc) is 1.68. The molecule has 0 aromatic rings. The monoisotopic (exact) mass is 165 g/mol. The van der Waals surface area contributed by atoms with Gasteiger partial charge in [-0.2, -0.15) is 0 Å². The minimum absolute atomic E-state index is 0.156. The standard InChI is InChI=1S/C3H4BrNO2/c4-3(5-7)1-2-6/h2-3H,1H2. The van der Waals surface area contributed by atoms with E-state index in [1.807, 2.05) is 0 Å². The second kappa shape index (κ2) is 3.92. The van der Waals surface area contributed by atoms with Crippen molar-refractivity contribution in [1.29, 1.82) is 0 Å². The lowest BCUT2D eigenvalue weighted by atomic mass is 10.5. The molecule has 0 radical (unpaired) electrons. The van der Waals surface area contributed by atoms with Crippen LogP contribution in [0.1, 0.15) is 6.42 Å². The molecule has 0 rings (SSSR count). The Bertz CT molecular complexity index is 75.3. The van der Waals surface area contributed by atoms with Crippen LogP contribution in [0.25, 0.3) is 0 Å². The Morgan fingerprint density at radius 1 is 1.86 bits per heavy atom. The van der Waals surface area contributed by atoms with Gasteiger partial charge < -0.3 is 4.79 Å². The summed E-state index contributed by atoms with van der Waals surface area (Å²) in [6, 6.07) is 0. The lowest BCUT2D eigenvalue weighted by Crippen LogP contribution is -1.89. The smallest absolute Gasteiger partial charge is 0.153 e. The zero-order chi connectivity index (χ0) is 5.70. The topological polar surface area (TPSA) is 46.5 Å². The summed E-state index contributed by atoms with van der Waals surface area (Å²) in [6.45, 7) is 0. The number of aldehydes is 1. The SMILES string of the molecule is O=CCC(Br)N=O. The van der Waals surface area contributed by atoms with E-state index in [-0.39, 0.29) is 6.42 Å². The third kappa shape index (κ3) is 3.58. The Kier molecular flexibility index (Phi) is 3.78. The van der Waals surface area contributed by atoms with E-state index in [1.54, 1.807) is 0 Å². The third-order valence-corrected chi connectivity index (χ3v) is 0.946. The van der Waals surface area contributed by atoms with Gasteiger partial charge in [0.05, 0.1) is 0 Å². The Hall–Kier alpha value is -0.250. The quantitative estimate of drug-likeness (QED) is 0.272. The van der Waals surface area contributed by atoms with E-state index >= 15 is 0 Å². The van der Waals surface area contributed by atoms with Gasteiger partial charge in [0.1, 0.15) is 6.29 Å². The molecule has 7 heavy (non-hydrogen) atoms. The summed E-state index contributed by atoms with van der Waals surface area (Å²) in [5, 5.41) is 2.51. The van der Waals surface area contributed by atoms with Crippen LogP contribution in [0.5, 0.6) is 0 Å². The molecule has 0 aliphatic heterocycles. The molecular weight excluding hydrogens is 162 g/mol. The van der Waals surface area contributed by atoms with Gasteiger partial charge in [-0.05, 0) is 0 Å². The highest BCUT2D eigenvalue weighted by Gasteiger charge is 1.97. The third-order valence-electron chi connectivity index (χ3n) is 0.405. The van der Waals surface area contributed by atoms with Crippen molar-refractivity contribution in [3.63, 3.8) is 0 Å². The van der Waals surface area contributed by atoms with Gasteiger partial charge in [0, 0.05) is 6.42 Å². The zero-order valence-corrected chi connectivity index (χ0v) is 5.09. The Labute approximate surface area is 49.2 Å². The van der Waals surface area contributed by atoms with Gasteiger partial charge in [0.15, 0.2) is 4.95 Å². The maximum atomic E-state index is 9.55. The summed E-state index contributed by atoms with van der Waals surface area (Å²) in [7, 11) is 0. The Balaban J connectivity index is 3.15. The van der Waals surface area contributed by atoms with E-state index in [0.29, 0.717) is 6.29 Å². The first-order valence-electron chi connectivity index (χ1n) is 1.71. The fourth-order valence-corrected chi connectivity index (χ4v) is 0.275. The second-order valence-electron chi connectivity index (χ2n) is 0.942. The molecule has 0 heterocycles. The van der Waals surface area contributed by atoms with Gasteiger partial charge >= 0.3 is 0 Å². The molecular formula is C3H4BrNO2. The van der Waals surface area contributed by atoms with Crippen LogP contribution in [-0.2, 0) is 4.79 Å². The highest BCUT2D eigenvalue weighted by molar-refractivity contribution is 9.09. The van der Waals surface area contributed by atoms with Gasteiger partial charge in [0.2, 0.25) is 0 Å². The van der Waals surface area contributed by atoms with Crippen molar-refractivity contribution in [2.45, 2.75) is 11.4 Å². The minimum Gasteiger partial charge on any atom is -0.303 e. The first kappa shape index (κ1) is 6.75. The number of rotatable bonds is 3. The molecule has 0 N–H and O–H groups in total. The van der Waals surface area contributed by atoms with E-state index in [2.05, 4.69) is 21.1 Å². The number of hydrogen-bond donors (Lipinski definition) is 0. The molecule has 40 valence electrons. The lowest BCUT2D eigenvalue weighted by molar-refractivity contribution is -0.107. The molecule has 1 atom stereocenters. The van der Waals surface area contributed by atoms with Crippen LogP contribution in [-0.4, -0.2) is 11.2 Å². The molecule has 4 heteroatoms. The van der Waals surface area contributed by atoms with Crippen LogP contribution >= 0.6 is 15.9 Å². The lowest BCUT2D eigenvalue weighted by Gasteiger charge is -1.85. The van der Waals surface area contributed by atoms with E-state index in [9.17, 15) is 9.70 Å². The molecule has 0 aliphatic carbocycles. The number of carbonyl (C=O) groups excluding carboxylic acids is 1. The summed E-state index contributed by atoms with van der Waals surface area (Å²) in [5.41, 5.74) is 0. The van der Waals surface area contributed by atoms with Crippen LogP contribution in [0.4, 0.5) is 0 Å². The molecule has 0 saturated carbocycles. The largest absolute Gasteiger partial charge is 0.303 e. The number of nitroso groups, excluding NO2 is 1. The van der Waals surface area contributed by atoms with Crippen LogP contribution in [0.2, 0.25) is 0 Å². The summed E-state index contributed by atoms with van der Waals surface area (Å²) in [5.74, 6) is 0. The minimum atomic E-state index is -0.537. The van der Waals surface area contributed by atoms with Gasteiger partial charge in [-0.15, -0.1) is 4.91 Å². The molecule has 1 unspecified atom stereocenters. The molecule has 0 aromatic heterocycles. The summed E-state index contributed by atoms with van der Waals surface area (Å²) in [6.07, 6.45) is 0.796. The van der Waals surface area contributed by atoms with Crippen molar-refractivity contribution in [3.05, 3.63) is 4.91 Å². The number of halogens is 1. The first-order chi connectivity index (χ1) is 3.31. The summed E-state index contributed by atoms with van der Waals surface area (Å²) < 4.78 is 0. The molecule has 0 fully saturated rings. The van der Waals surface area contributed by atoms with Crippen molar-refractivity contribution in [2.75, 3.05) is 0 Å². The van der Waals surface area contributed by atoms with Crippen molar-refractivity contribution in [1.82, 2.24) is 0 Å². The predicted octanol–water partition coefficient (Wildman–Crippen LogP) is 1.06.